The smallest absolute Gasteiger partial charge is 0.126 e. The first kappa shape index (κ1) is 7.87. The van der Waals surface area contributed by atoms with Gasteiger partial charge in [-0.3, -0.25) is 0 Å². The Kier molecular flexibility index (Phi) is 2.00. The first-order valence-corrected chi connectivity index (χ1v) is 3.41. The number of anilines is 1. The molecule has 58 valence electrons. The molecule has 1 aromatic heterocycles. The molecule has 0 aliphatic heterocycles. The van der Waals surface area contributed by atoms with E-state index >= 15 is 0 Å². The summed E-state index contributed by atoms with van der Waals surface area (Å²) in [5, 5.41) is 0. The van der Waals surface area contributed by atoms with E-state index in [1.807, 2.05) is 0 Å². The maximum absolute atomic E-state index is 5.50. The summed E-state index contributed by atoms with van der Waals surface area (Å²) < 4.78 is 0. The van der Waals surface area contributed by atoms with Crippen LogP contribution in [0.3, 0.4) is 0 Å². The lowest BCUT2D eigenvalue weighted by molar-refractivity contribution is 1.05. The molecule has 0 spiro atoms. The van der Waals surface area contributed by atoms with Gasteiger partial charge in [0.2, 0.25) is 0 Å². The SMILES string of the molecule is Cc1ncc(N)c(C(N)=S)n1. The van der Waals surface area contributed by atoms with Crippen LogP contribution in [0.1, 0.15) is 11.5 Å². The molecule has 0 bridgehead atoms. The number of rotatable bonds is 1. The minimum absolute atomic E-state index is 0.202. The summed E-state index contributed by atoms with van der Waals surface area (Å²) in [5.41, 5.74) is 11.7. The predicted molar refractivity (Wildman–Crippen MR) is 47.1 cm³/mol. The van der Waals surface area contributed by atoms with Gasteiger partial charge in [0, 0.05) is 0 Å². The molecule has 0 aromatic carbocycles. The van der Waals surface area contributed by atoms with Crippen molar-refractivity contribution in [3.8, 4) is 0 Å². The number of hydrogen-bond acceptors (Lipinski definition) is 4. The van der Waals surface area contributed by atoms with E-state index in [-0.39, 0.29) is 4.99 Å². The van der Waals surface area contributed by atoms with Crippen LogP contribution in [0.4, 0.5) is 5.69 Å². The van der Waals surface area contributed by atoms with Crippen LogP contribution in [-0.2, 0) is 0 Å². The fraction of sp³-hybridized carbons (Fsp3) is 0.167. The van der Waals surface area contributed by atoms with Gasteiger partial charge in [0.15, 0.2) is 0 Å². The van der Waals surface area contributed by atoms with Crippen molar-refractivity contribution in [2.75, 3.05) is 5.73 Å². The Morgan fingerprint density at radius 2 is 2.27 bits per heavy atom. The first-order valence-electron chi connectivity index (χ1n) is 3.00. The molecule has 4 N–H and O–H groups in total. The molecule has 0 aliphatic rings. The third kappa shape index (κ3) is 1.62. The third-order valence-electron chi connectivity index (χ3n) is 1.17. The Balaban J connectivity index is 3.23. The van der Waals surface area contributed by atoms with Crippen molar-refractivity contribution in [1.82, 2.24) is 9.97 Å². The second-order valence-corrected chi connectivity index (χ2v) is 2.53. The highest BCUT2D eigenvalue weighted by atomic mass is 32.1. The highest BCUT2D eigenvalue weighted by molar-refractivity contribution is 7.80. The van der Waals surface area contributed by atoms with Gasteiger partial charge in [0.25, 0.3) is 0 Å². The molecule has 0 unspecified atom stereocenters. The monoisotopic (exact) mass is 168 g/mol. The van der Waals surface area contributed by atoms with Gasteiger partial charge in [0.05, 0.1) is 11.9 Å². The van der Waals surface area contributed by atoms with Crippen molar-refractivity contribution in [1.29, 1.82) is 0 Å². The number of hydrogen-bond donors (Lipinski definition) is 2. The van der Waals surface area contributed by atoms with E-state index < -0.39 is 0 Å². The summed E-state index contributed by atoms with van der Waals surface area (Å²) >= 11 is 4.72. The molecule has 0 atom stereocenters. The van der Waals surface area contributed by atoms with Crippen molar-refractivity contribution in [2.24, 2.45) is 5.73 Å². The number of nitrogens with two attached hydrogens (primary N) is 2. The van der Waals surface area contributed by atoms with Crippen LogP contribution in [0.2, 0.25) is 0 Å². The summed E-state index contributed by atoms with van der Waals surface area (Å²) in [6.07, 6.45) is 1.50. The molecule has 1 rings (SSSR count). The Bertz CT molecular complexity index is 297. The number of aryl methyl sites for hydroxylation is 1. The summed E-state index contributed by atoms with van der Waals surface area (Å²) in [6.45, 7) is 1.75. The second kappa shape index (κ2) is 2.79. The highest BCUT2D eigenvalue weighted by Gasteiger charge is 2.03. The van der Waals surface area contributed by atoms with Crippen molar-refractivity contribution in [2.45, 2.75) is 6.92 Å². The maximum Gasteiger partial charge on any atom is 0.126 e. The fourth-order valence-electron chi connectivity index (χ4n) is 0.677. The van der Waals surface area contributed by atoms with Gasteiger partial charge in [-0.15, -0.1) is 0 Å². The zero-order chi connectivity index (χ0) is 8.43. The summed E-state index contributed by atoms with van der Waals surface area (Å²) in [6, 6.07) is 0. The number of thiocarbonyl (C=S) groups is 1. The van der Waals surface area contributed by atoms with Crippen molar-refractivity contribution in [3.05, 3.63) is 17.7 Å². The van der Waals surface area contributed by atoms with Crippen molar-refractivity contribution in [3.63, 3.8) is 0 Å². The van der Waals surface area contributed by atoms with Gasteiger partial charge in [0.1, 0.15) is 16.5 Å². The lowest BCUT2D eigenvalue weighted by Gasteiger charge is -2.01. The maximum atomic E-state index is 5.50. The van der Waals surface area contributed by atoms with E-state index in [0.29, 0.717) is 17.2 Å². The highest BCUT2D eigenvalue weighted by Crippen LogP contribution is 2.05. The zero-order valence-electron chi connectivity index (χ0n) is 6.03. The van der Waals surface area contributed by atoms with Crippen LogP contribution in [0.25, 0.3) is 0 Å². The second-order valence-electron chi connectivity index (χ2n) is 2.09. The molecule has 0 radical (unpaired) electrons. The van der Waals surface area contributed by atoms with Crippen LogP contribution in [-0.4, -0.2) is 15.0 Å². The average Bonchev–Trinajstić information content (AvgIpc) is 1.94. The lowest BCUT2D eigenvalue weighted by atomic mass is 10.3. The van der Waals surface area contributed by atoms with Crippen LogP contribution in [0.15, 0.2) is 6.20 Å². The topological polar surface area (TPSA) is 77.8 Å². The van der Waals surface area contributed by atoms with E-state index in [9.17, 15) is 0 Å². The van der Waals surface area contributed by atoms with E-state index in [1.165, 1.54) is 6.20 Å². The quantitative estimate of drug-likeness (QED) is 0.577. The molecule has 5 heteroatoms. The van der Waals surface area contributed by atoms with Gasteiger partial charge in [-0.05, 0) is 6.92 Å². The minimum Gasteiger partial charge on any atom is -0.396 e. The fourth-order valence-corrected chi connectivity index (χ4v) is 0.840. The number of nitrogen functional groups attached to an aromatic ring is 1. The normalized spacial score (nSPS) is 9.55. The van der Waals surface area contributed by atoms with Crippen molar-refractivity contribution >= 4 is 22.9 Å². The number of aromatic nitrogens is 2. The summed E-state index contributed by atoms with van der Waals surface area (Å²) in [4.78, 5) is 8.04. The van der Waals surface area contributed by atoms with Gasteiger partial charge in [-0.25, -0.2) is 9.97 Å². The van der Waals surface area contributed by atoms with Crippen LogP contribution in [0, 0.1) is 6.92 Å². The predicted octanol–water partition coefficient (Wildman–Crippen LogP) is 0.00142. The van der Waals surface area contributed by atoms with Crippen molar-refractivity contribution < 1.29 is 0 Å². The molecular formula is C6H8N4S. The standard InChI is InChI=1S/C6H8N4S/c1-3-9-2-4(7)5(10-3)6(8)11/h2H,7H2,1H3,(H2,8,11). The van der Waals surface area contributed by atoms with Gasteiger partial charge in [-0.2, -0.15) is 0 Å². The Hall–Kier alpha value is -1.23. The molecule has 0 saturated heterocycles. The van der Waals surface area contributed by atoms with E-state index in [1.54, 1.807) is 6.92 Å². The molecule has 0 amide bonds. The molecule has 11 heavy (non-hydrogen) atoms. The molecular weight excluding hydrogens is 160 g/mol. The van der Waals surface area contributed by atoms with Crippen LogP contribution < -0.4 is 11.5 Å². The zero-order valence-corrected chi connectivity index (χ0v) is 6.85. The third-order valence-corrected chi connectivity index (χ3v) is 1.36. The van der Waals surface area contributed by atoms with Gasteiger partial charge < -0.3 is 11.5 Å². The summed E-state index contributed by atoms with van der Waals surface area (Å²) in [5.74, 6) is 0.613. The Labute approximate surface area is 69.6 Å². The lowest BCUT2D eigenvalue weighted by Crippen LogP contribution is -2.15. The van der Waals surface area contributed by atoms with E-state index in [2.05, 4.69) is 9.97 Å². The first-order chi connectivity index (χ1) is 5.11. The summed E-state index contributed by atoms with van der Waals surface area (Å²) in [7, 11) is 0. The van der Waals surface area contributed by atoms with E-state index in [4.69, 9.17) is 23.7 Å². The molecule has 1 heterocycles. The van der Waals surface area contributed by atoms with Crippen LogP contribution in [0.5, 0.6) is 0 Å². The van der Waals surface area contributed by atoms with E-state index in [0.717, 1.165) is 0 Å². The van der Waals surface area contributed by atoms with Crippen LogP contribution >= 0.6 is 12.2 Å². The molecule has 4 nitrogen and oxygen atoms in total. The average molecular weight is 168 g/mol. The Morgan fingerprint density at radius 1 is 1.64 bits per heavy atom. The minimum atomic E-state index is 0.202. The largest absolute Gasteiger partial charge is 0.396 e. The molecule has 1 aromatic rings. The van der Waals surface area contributed by atoms with Gasteiger partial charge >= 0.3 is 0 Å². The molecule has 0 fully saturated rings. The molecule has 0 aliphatic carbocycles. The Morgan fingerprint density at radius 3 is 2.73 bits per heavy atom. The molecule has 0 saturated carbocycles. The van der Waals surface area contributed by atoms with Gasteiger partial charge in [-0.1, -0.05) is 12.2 Å². The number of nitrogens with zero attached hydrogens (tertiary/aromatic N) is 2.